The molecule has 3 rings (SSSR count). The molecule has 1 saturated heterocycles. The van der Waals surface area contributed by atoms with Gasteiger partial charge in [0.2, 0.25) is 5.95 Å². The largest absolute Gasteiger partial charge is 0.338 e. The summed E-state index contributed by atoms with van der Waals surface area (Å²) in [5, 5.41) is 5.14. The molecule has 2 aliphatic heterocycles. The molecule has 3 heterocycles. The van der Waals surface area contributed by atoms with Gasteiger partial charge in [0.1, 0.15) is 0 Å². The maximum atomic E-state index is 5.42. The molecule has 0 aliphatic carbocycles. The molecule has 92 valence electrons. The number of hydrogen-bond acceptors (Lipinski definition) is 6. The van der Waals surface area contributed by atoms with Gasteiger partial charge < -0.3 is 10.2 Å². The van der Waals surface area contributed by atoms with Gasteiger partial charge in [-0.2, -0.15) is 5.06 Å². The molecule has 6 heteroatoms. The van der Waals surface area contributed by atoms with E-state index in [1.54, 1.807) is 0 Å². The lowest BCUT2D eigenvalue weighted by atomic mass is 10.2. The number of hydrogen-bond donors (Lipinski definition) is 1. The van der Waals surface area contributed by atoms with E-state index in [4.69, 9.17) is 4.84 Å². The third-order valence-electron chi connectivity index (χ3n) is 3.15. The zero-order chi connectivity index (χ0) is 11.7. The normalized spacial score (nSPS) is 21.4. The van der Waals surface area contributed by atoms with Crippen LogP contribution in [0.15, 0.2) is 6.20 Å². The molecule has 1 fully saturated rings. The maximum absolute atomic E-state index is 5.42. The van der Waals surface area contributed by atoms with Crippen LogP contribution < -0.4 is 10.2 Å². The second-order valence-electron chi connectivity index (χ2n) is 4.44. The van der Waals surface area contributed by atoms with Crippen molar-refractivity contribution in [2.24, 2.45) is 0 Å². The quantitative estimate of drug-likeness (QED) is 0.725. The van der Waals surface area contributed by atoms with Gasteiger partial charge in [0.25, 0.3) is 0 Å². The van der Waals surface area contributed by atoms with E-state index in [0.29, 0.717) is 6.61 Å². The Labute approximate surface area is 101 Å². The highest BCUT2D eigenvalue weighted by molar-refractivity contribution is 5.34. The van der Waals surface area contributed by atoms with Gasteiger partial charge in [-0.05, 0) is 0 Å². The van der Waals surface area contributed by atoms with Crippen molar-refractivity contribution < 1.29 is 4.84 Å². The van der Waals surface area contributed by atoms with Crippen LogP contribution in [0.2, 0.25) is 0 Å². The summed E-state index contributed by atoms with van der Waals surface area (Å²) < 4.78 is 0. The summed E-state index contributed by atoms with van der Waals surface area (Å²) >= 11 is 0. The molecular formula is C11H17N5O. The topological polar surface area (TPSA) is 53.5 Å². The Hall–Kier alpha value is -1.24. The summed E-state index contributed by atoms with van der Waals surface area (Å²) in [7, 11) is 1.93. The third kappa shape index (κ3) is 2.24. The van der Waals surface area contributed by atoms with Gasteiger partial charge >= 0.3 is 0 Å². The Kier molecular flexibility index (Phi) is 2.92. The summed E-state index contributed by atoms with van der Waals surface area (Å²) in [6.07, 6.45) is 1.90. The number of nitrogens with one attached hydrogen (secondary N) is 1. The average molecular weight is 235 g/mol. The fraction of sp³-hybridized carbons (Fsp3) is 0.636. The van der Waals surface area contributed by atoms with Gasteiger partial charge in [0, 0.05) is 45.0 Å². The number of anilines is 1. The highest BCUT2D eigenvalue weighted by atomic mass is 16.7. The van der Waals surface area contributed by atoms with Gasteiger partial charge in [-0.3, -0.25) is 4.84 Å². The molecule has 0 spiro atoms. The van der Waals surface area contributed by atoms with Crippen LogP contribution in [0, 0.1) is 0 Å². The highest BCUT2D eigenvalue weighted by Crippen LogP contribution is 2.18. The van der Waals surface area contributed by atoms with Crippen LogP contribution in [0.5, 0.6) is 0 Å². The molecule has 1 aromatic heterocycles. The molecule has 1 aromatic rings. The van der Waals surface area contributed by atoms with Crippen molar-refractivity contribution in [2.75, 3.05) is 38.1 Å². The molecule has 0 amide bonds. The fourth-order valence-electron chi connectivity index (χ4n) is 2.14. The minimum absolute atomic E-state index is 0.577. The van der Waals surface area contributed by atoms with E-state index in [-0.39, 0.29) is 0 Å². The number of rotatable bonds is 1. The van der Waals surface area contributed by atoms with Crippen LogP contribution >= 0.6 is 0 Å². The highest BCUT2D eigenvalue weighted by Gasteiger charge is 2.19. The van der Waals surface area contributed by atoms with E-state index in [0.717, 1.165) is 49.9 Å². The van der Waals surface area contributed by atoms with E-state index in [2.05, 4.69) is 20.2 Å². The first-order chi connectivity index (χ1) is 8.33. The average Bonchev–Trinajstić information content (AvgIpc) is 2.39. The van der Waals surface area contributed by atoms with Crippen LogP contribution in [0.1, 0.15) is 11.3 Å². The van der Waals surface area contributed by atoms with Crippen LogP contribution in [0.3, 0.4) is 0 Å². The first kappa shape index (κ1) is 10.9. The number of aromatic nitrogens is 2. The van der Waals surface area contributed by atoms with E-state index >= 15 is 0 Å². The lowest BCUT2D eigenvalue weighted by Crippen LogP contribution is -2.44. The molecule has 17 heavy (non-hydrogen) atoms. The summed E-state index contributed by atoms with van der Waals surface area (Å²) in [4.78, 5) is 16.7. The zero-order valence-corrected chi connectivity index (χ0v) is 10.0. The molecule has 6 nitrogen and oxygen atoms in total. The minimum Gasteiger partial charge on any atom is -0.338 e. The third-order valence-corrected chi connectivity index (χ3v) is 3.15. The monoisotopic (exact) mass is 235 g/mol. The Bertz CT molecular complexity index is 405. The molecule has 0 saturated carbocycles. The Morgan fingerprint density at radius 1 is 1.35 bits per heavy atom. The summed E-state index contributed by atoms with van der Waals surface area (Å²) in [5.41, 5.74) is 2.18. The first-order valence-electron chi connectivity index (χ1n) is 5.97. The van der Waals surface area contributed by atoms with Crippen LogP contribution in [-0.4, -0.2) is 48.3 Å². The van der Waals surface area contributed by atoms with Crippen LogP contribution in [-0.2, 0) is 18.0 Å². The summed E-state index contributed by atoms with van der Waals surface area (Å²) in [6.45, 7) is 5.27. The molecule has 0 bridgehead atoms. The summed E-state index contributed by atoms with van der Waals surface area (Å²) in [5.74, 6) is 0.848. The molecule has 0 radical (unpaired) electrons. The van der Waals surface area contributed by atoms with E-state index in [1.807, 2.05) is 18.3 Å². The van der Waals surface area contributed by atoms with Crippen molar-refractivity contribution in [3.63, 3.8) is 0 Å². The van der Waals surface area contributed by atoms with Crippen molar-refractivity contribution in [1.82, 2.24) is 20.3 Å². The standard InChI is InChI=1S/C11H17N5O/c1-15-7-10-9(8-17-15)6-13-11(14-10)16-4-2-12-3-5-16/h6,12H,2-5,7-8H2,1H3. The number of piperazine rings is 1. The van der Waals surface area contributed by atoms with Gasteiger partial charge in [0.15, 0.2) is 0 Å². The Morgan fingerprint density at radius 3 is 3.00 bits per heavy atom. The van der Waals surface area contributed by atoms with Crippen molar-refractivity contribution in [1.29, 1.82) is 0 Å². The maximum Gasteiger partial charge on any atom is 0.225 e. The predicted octanol–water partition coefficient (Wildman–Crippen LogP) is -0.237. The molecule has 0 unspecified atom stereocenters. The minimum atomic E-state index is 0.577. The molecule has 0 atom stereocenters. The van der Waals surface area contributed by atoms with Crippen LogP contribution in [0.25, 0.3) is 0 Å². The van der Waals surface area contributed by atoms with Gasteiger partial charge in [0.05, 0.1) is 18.8 Å². The second kappa shape index (κ2) is 4.56. The molecule has 1 N–H and O–H groups in total. The first-order valence-corrected chi connectivity index (χ1v) is 5.97. The van der Waals surface area contributed by atoms with Gasteiger partial charge in [-0.15, -0.1) is 0 Å². The lowest BCUT2D eigenvalue weighted by molar-refractivity contribution is -0.169. The van der Waals surface area contributed by atoms with Gasteiger partial charge in [-0.25, -0.2) is 9.97 Å². The molecule has 0 aromatic carbocycles. The smallest absolute Gasteiger partial charge is 0.225 e. The Balaban J connectivity index is 1.84. The van der Waals surface area contributed by atoms with E-state index < -0.39 is 0 Å². The lowest BCUT2D eigenvalue weighted by Gasteiger charge is -2.29. The number of nitrogens with zero attached hydrogens (tertiary/aromatic N) is 4. The van der Waals surface area contributed by atoms with Crippen molar-refractivity contribution in [2.45, 2.75) is 13.2 Å². The van der Waals surface area contributed by atoms with E-state index in [9.17, 15) is 0 Å². The number of hydroxylamine groups is 2. The molecular weight excluding hydrogens is 218 g/mol. The van der Waals surface area contributed by atoms with Crippen molar-refractivity contribution in [3.05, 3.63) is 17.5 Å². The second-order valence-corrected chi connectivity index (χ2v) is 4.44. The summed E-state index contributed by atoms with van der Waals surface area (Å²) in [6, 6.07) is 0. The molecule has 2 aliphatic rings. The SMILES string of the molecule is CN1Cc2nc(N3CCNCC3)ncc2CO1. The Morgan fingerprint density at radius 2 is 2.18 bits per heavy atom. The fourth-order valence-corrected chi connectivity index (χ4v) is 2.14. The zero-order valence-electron chi connectivity index (χ0n) is 10.0. The predicted molar refractivity (Wildman–Crippen MR) is 63.4 cm³/mol. The van der Waals surface area contributed by atoms with Crippen molar-refractivity contribution >= 4 is 5.95 Å². The number of fused-ring (bicyclic) bond motifs is 1. The van der Waals surface area contributed by atoms with Crippen molar-refractivity contribution in [3.8, 4) is 0 Å². The van der Waals surface area contributed by atoms with Crippen LogP contribution in [0.4, 0.5) is 5.95 Å². The van der Waals surface area contributed by atoms with E-state index in [1.165, 1.54) is 0 Å². The van der Waals surface area contributed by atoms with Gasteiger partial charge in [-0.1, -0.05) is 0 Å².